The van der Waals surface area contributed by atoms with Crippen LogP contribution in [0.1, 0.15) is 18.9 Å². The Morgan fingerprint density at radius 2 is 1.92 bits per heavy atom. The van der Waals surface area contributed by atoms with Crippen LogP contribution in [0.2, 0.25) is 0 Å². The lowest BCUT2D eigenvalue weighted by molar-refractivity contribution is 0.340. The van der Waals surface area contributed by atoms with E-state index < -0.39 is 0 Å². The van der Waals surface area contributed by atoms with Crippen molar-refractivity contribution in [2.75, 3.05) is 23.4 Å². The van der Waals surface area contributed by atoms with Crippen LogP contribution in [0.25, 0.3) is 0 Å². The molecule has 0 fully saturated rings. The minimum absolute atomic E-state index is 0.592. The lowest BCUT2D eigenvalue weighted by atomic mass is 10.0. The second kappa shape index (κ2) is 7.44. The van der Waals surface area contributed by atoms with E-state index in [0.29, 0.717) is 12.6 Å². The van der Waals surface area contributed by atoms with Crippen molar-refractivity contribution in [3.8, 4) is 5.75 Å². The molecule has 26 heavy (non-hydrogen) atoms. The first kappa shape index (κ1) is 16.4. The summed E-state index contributed by atoms with van der Waals surface area (Å²) >= 11 is 0. The number of benzene rings is 2. The predicted molar refractivity (Wildman–Crippen MR) is 105 cm³/mol. The van der Waals surface area contributed by atoms with Gasteiger partial charge in [-0.15, -0.1) is 0 Å². The fourth-order valence-corrected chi connectivity index (χ4v) is 3.26. The molecule has 132 valence electrons. The fraction of sp³-hybridized carbons (Fsp3) is 0.238. The molecule has 1 aliphatic rings. The summed E-state index contributed by atoms with van der Waals surface area (Å²) in [6.45, 7) is 3.61. The number of aromatic nitrogens is 2. The number of nitrogens with one attached hydrogen (secondary N) is 1. The summed E-state index contributed by atoms with van der Waals surface area (Å²) in [5.74, 6) is 2.37. The summed E-state index contributed by atoms with van der Waals surface area (Å²) in [5, 5.41) is 3.27. The molecule has 2 aromatic carbocycles. The van der Waals surface area contributed by atoms with Crippen molar-refractivity contribution in [1.82, 2.24) is 9.97 Å². The van der Waals surface area contributed by atoms with Gasteiger partial charge in [-0.25, -0.2) is 4.98 Å². The van der Waals surface area contributed by atoms with Gasteiger partial charge in [0.15, 0.2) is 0 Å². The molecule has 0 unspecified atom stereocenters. The monoisotopic (exact) mass is 346 g/mol. The van der Waals surface area contributed by atoms with Crippen LogP contribution in [-0.4, -0.2) is 23.1 Å². The molecule has 0 radical (unpaired) electrons. The van der Waals surface area contributed by atoms with E-state index in [1.165, 1.54) is 11.3 Å². The van der Waals surface area contributed by atoms with Crippen molar-refractivity contribution < 1.29 is 4.74 Å². The first-order valence-electron chi connectivity index (χ1n) is 9.02. The molecule has 0 aliphatic carbocycles. The Kier molecular flexibility index (Phi) is 4.69. The Hall–Kier alpha value is -3.08. The second-order valence-corrected chi connectivity index (χ2v) is 6.20. The highest BCUT2D eigenvalue weighted by Crippen LogP contribution is 2.32. The van der Waals surface area contributed by atoms with E-state index in [-0.39, 0.29) is 0 Å². The van der Waals surface area contributed by atoms with Crippen LogP contribution in [0, 0.1) is 0 Å². The van der Waals surface area contributed by atoms with Gasteiger partial charge in [0, 0.05) is 24.1 Å². The van der Waals surface area contributed by atoms with Crippen molar-refractivity contribution in [3.05, 3.63) is 66.4 Å². The van der Waals surface area contributed by atoms with E-state index in [4.69, 9.17) is 9.72 Å². The molecular weight excluding hydrogens is 324 g/mol. The third-order valence-electron chi connectivity index (χ3n) is 4.45. The maximum absolute atomic E-state index is 5.48. The summed E-state index contributed by atoms with van der Waals surface area (Å²) in [7, 11) is 0. The summed E-state index contributed by atoms with van der Waals surface area (Å²) in [5.41, 5.74) is 3.55. The number of aryl methyl sites for hydroxylation is 1. The molecule has 2 heterocycles. The van der Waals surface area contributed by atoms with Crippen LogP contribution in [0.4, 0.5) is 23.1 Å². The van der Waals surface area contributed by atoms with Crippen molar-refractivity contribution in [2.24, 2.45) is 0 Å². The van der Waals surface area contributed by atoms with Crippen LogP contribution in [0.3, 0.4) is 0 Å². The number of para-hydroxylation sites is 1. The Morgan fingerprint density at radius 3 is 2.77 bits per heavy atom. The zero-order valence-electron chi connectivity index (χ0n) is 14.9. The SMILES string of the molecule is CCOc1ccc(Nc2nccc(N3CCCc4ccccc43)n2)cc1. The van der Waals surface area contributed by atoms with Crippen LogP contribution < -0.4 is 15.0 Å². The quantitative estimate of drug-likeness (QED) is 0.725. The predicted octanol–water partition coefficient (Wildman–Crippen LogP) is 4.70. The number of hydrogen-bond donors (Lipinski definition) is 1. The molecule has 0 atom stereocenters. The number of rotatable bonds is 5. The summed E-state index contributed by atoms with van der Waals surface area (Å²) in [6, 6.07) is 18.3. The molecule has 0 bridgehead atoms. The van der Waals surface area contributed by atoms with Gasteiger partial charge in [-0.2, -0.15) is 4.98 Å². The molecule has 0 spiro atoms. The summed E-state index contributed by atoms with van der Waals surface area (Å²) in [4.78, 5) is 11.4. The van der Waals surface area contributed by atoms with E-state index in [1.54, 1.807) is 6.20 Å². The number of anilines is 4. The van der Waals surface area contributed by atoms with E-state index in [0.717, 1.165) is 36.6 Å². The highest BCUT2D eigenvalue weighted by molar-refractivity contribution is 5.66. The Morgan fingerprint density at radius 1 is 1.08 bits per heavy atom. The number of fused-ring (bicyclic) bond motifs is 1. The van der Waals surface area contributed by atoms with Gasteiger partial charge in [0.2, 0.25) is 5.95 Å². The standard InChI is InChI=1S/C21H22N4O/c1-2-26-18-11-9-17(10-12-18)23-21-22-14-13-20(24-21)25-15-5-7-16-6-3-4-8-19(16)25/h3-4,6,8-14H,2,5,7,15H2,1H3,(H,22,23,24). The van der Waals surface area contributed by atoms with Gasteiger partial charge in [0.1, 0.15) is 11.6 Å². The highest BCUT2D eigenvalue weighted by Gasteiger charge is 2.19. The lowest BCUT2D eigenvalue weighted by Gasteiger charge is -2.30. The minimum Gasteiger partial charge on any atom is -0.494 e. The van der Waals surface area contributed by atoms with E-state index in [9.17, 15) is 0 Å². The number of hydrogen-bond acceptors (Lipinski definition) is 5. The van der Waals surface area contributed by atoms with E-state index in [1.807, 2.05) is 37.3 Å². The first-order chi connectivity index (χ1) is 12.8. The highest BCUT2D eigenvalue weighted by atomic mass is 16.5. The Balaban J connectivity index is 1.56. The van der Waals surface area contributed by atoms with Gasteiger partial charge in [-0.05, 0) is 61.7 Å². The smallest absolute Gasteiger partial charge is 0.229 e. The molecule has 3 aromatic rings. The van der Waals surface area contributed by atoms with Crippen LogP contribution in [0.15, 0.2) is 60.8 Å². The fourth-order valence-electron chi connectivity index (χ4n) is 3.26. The molecular formula is C21H22N4O. The third kappa shape index (κ3) is 3.47. The Bertz CT molecular complexity index is 879. The molecule has 0 amide bonds. The zero-order valence-corrected chi connectivity index (χ0v) is 14.9. The minimum atomic E-state index is 0.592. The van der Waals surface area contributed by atoms with E-state index >= 15 is 0 Å². The lowest BCUT2D eigenvalue weighted by Crippen LogP contribution is -2.25. The van der Waals surface area contributed by atoms with Crippen LogP contribution in [0.5, 0.6) is 5.75 Å². The Labute approximate surface area is 153 Å². The maximum Gasteiger partial charge on any atom is 0.229 e. The molecule has 0 saturated heterocycles. The second-order valence-electron chi connectivity index (χ2n) is 6.20. The average molecular weight is 346 g/mol. The molecule has 5 nitrogen and oxygen atoms in total. The van der Waals surface area contributed by atoms with Crippen molar-refractivity contribution in [1.29, 1.82) is 0 Å². The van der Waals surface area contributed by atoms with Gasteiger partial charge in [-0.1, -0.05) is 18.2 Å². The third-order valence-corrected chi connectivity index (χ3v) is 4.45. The van der Waals surface area contributed by atoms with Gasteiger partial charge in [-0.3, -0.25) is 0 Å². The van der Waals surface area contributed by atoms with Crippen molar-refractivity contribution >= 4 is 23.1 Å². The first-order valence-corrected chi connectivity index (χ1v) is 9.02. The van der Waals surface area contributed by atoms with Gasteiger partial charge >= 0.3 is 0 Å². The molecule has 0 saturated carbocycles. The molecule has 1 aliphatic heterocycles. The van der Waals surface area contributed by atoms with E-state index in [2.05, 4.69) is 39.5 Å². The number of nitrogens with zero attached hydrogens (tertiary/aromatic N) is 3. The largest absolute Gasteiger partial charge is 0.494 e. The number of ether oxygens (including phenoxy) is 1. The van der Waals surface area contributed by atoms with Crippen LogP contribution in [-0.2, 0) is 6.42 Å². The molecule has 4 rings (SSSR count). The molecule has 1 aromatic heterocycles. The van der Waals surface area contributed by atoms with Crippen LogP contribution >= 0.6 is 0 Å². The molecule has 5 heteroatoms. The maximum atomic E-state index is 5.48. The van der Waals surface area contributed by atoms with Crippen molar-refractivity contribution in [3.63, 3.8) is 0 Å². The van der Waals surface area contributed by atoms with Crippen molar-refractivity contribution in [2.45, 2.75) is 19.8 Å². The van der Waals surface area contributed by atoms with Gasteiger partial charge < -0.3 is 15.0 Å². The average Bonchev–Trinajstić information content (AvgIpc) is 2.69. The van der Waals surface area contributed by atoms with Gasteiger partial charge in [0.25, 0.3) is 0 Å². The zero-order chi connectivity index (χ0) is 17.8. The van der Waals surface area contributed by atoms with Gasteiger partial charge in [0.05, 0.1) is 6.61 Å². The topological polar surface area (TPSA) is 50.3 Å². The summed E-state index contributed by atoms with van der Waals surface area (Å²) in [6.07, 6.45) is 4.05. The normalized spacial score (nSPS) is 13.2. The molecule has 1 N–H and O–H groups in total. The summed E-state index contributed by atoms with van der Waals surface area (Å²) < 4.78 is 5.48.